The Morgan fingerprint density at radius 2 is 2.06 bits per heavy atom. The first-order valence-corrected chi connectivity index (χ1v) is 6.57. The number of H-pyrrole nitrogens is 1. The number of rotatable bonds is 6. The van der Waals surface area contributed by atoms with Crippen molar-refractivity contribution in [2.24, 2.45) is 0 Å². The topological polar surface area (TPSA) is 42.8 Å². The first-order chi connectivity index (χ1) is 8.81. The van der Waals surface area contributed by atoms with Crippen molar-refractivity contribution in [3.05, 3.63) is 35.4 Å². The molecule has 96 valence electrons. The SMILES string of the molecule is CCCCCOc1ccc(-n2cn[nH]c2=S)cc1. The highest BCUT2D eigenvalue weighted by molar-refractivity contribution is 7.71. The molecule has 4 nitrogen and oxygen atoms in total. The Kier molecular flexibility index (Phi) is 4.52. The summed E-state index contributed by atoms with van der Waals surface area (Å²) < 4.78 is 8.06. The number of nitrogens with zero attached hydrogens (tertiary/aromatic N) is 2. The standard InChI is InChI=1S/C13H17N3OS/c1-2-3-4-9-17-12-7-5-11(6-8-12)16-10-14-15-13(16)18/h5-8,10H,2-4,9H2,1H3,(H,15,18). The summed E-state index contributed by atoms with van der Waals surface area (Å²) in [5, 5.41) is 6.62. The molecule has 1 aromatic heterocycles. The van der Waals surface area contributed by atoms with Gasteiger partial charge in [0, 0.05) is 5.69 Å². The molecule has 18 heavy (non-hydrogen) atoms. The Hall–Kier alpha value is -1.62. The van der Waals surface area contributed by atoms with Gasteiger partial charge in [0.1, 0.15) is 12.1 Å². The van der Waals surface area contributed by atoms with E-state index in [-0.39, 0.29) is 0 Å². The molecular formula is C13H17N3OS. The maximum atomic E-state index is 5.65. The van der Waals surface area contributed by atoms with E-state index in [2.05, 4.69) is 17.1 Å². The number of aromatic nitrogens is 3. The Labute approximate surface area is 112 Å². The zero-order valence-corrected chi connectivity index (χ0v) is 11.2. The lowest BCUT2D eigenvalue weighted by Gasteiger charge is -2.07. The van der Waals surface area contributed by atoms with Gasteiger partial charge in [-0.3, -0.25) is 9.67 Å². The fourth-order valence-corrected chi connectivity index (χ4v) is 1.88. The molecule has 0 amide bonds. The van der Waals surface area contributed by atoms with E-state index in [0.29, 0.717) is 4.77 Å². The molecule has 1 aromatic carbocycles. The van der Waals surface area contributed by atoms with Crippen molar-refractivity contribution in [1.82, 2.24) is 14.8 Å². The second kappa shape index (κ2) is 6.35. The van der Waals surface area contributed by atoms with Crippen molar-refractivity contribution in [2.45, 2.75) is 26.2 Å². The van der Waals surface area contributed by atoms with Gasteiger partial charge in [0.05, 0.1) is 6.61 Å². The third-order valence-corrected chi connectivity index (χ3v) is 2.97. The Bertz CT molecular complexity index is 530. The molecule has 1 N–H and O–H groups in total. The molecule has 0 aliphatic rings. The van der Waals surface area contributed by atoms with Gasteiger partial charge in [-0.2, -0.15) is 5.10 Å². The number of aromatic amines is 1. The summed E-state index contributed by atoms with van der Waals surface area (Å²) in [6, 6.07) is 7.85. The number of hydrogen-bond donors (Lipinski definition) is 1. The molecule has 0 atom stereocenters. The van der Waals surface area contributed by atoms with E-state index in [9.17, 15) is 0 Å². The van der Waals surface area contributed by atoms with E-state index in [4.69, 9.17) is 17.0 Å². The predicted molar refractivity (Wildman–Crippen MR) is 73.8 cm³/mol. The molecular weight excluding hydrogens is 246 g/mol. The lowest BCUT2D eigenvalue weighted by Crippen LogP contribution is -1.97. The van der Waals surface area contributed by atoms with Crippen LogP contribution < -0.4 is 4.74 Å². The van der Waals surface area contributed by atoms with Crippen LogP contribution in [0.5, 0.6) is 5.75 Å². The van der Waals surface area contributed by atoms with Crippen LogP contribution in [0.3, 0.4) is 0 Å². The Balaban J connectivity index is 1.98. The molecule has 2 rings (SSSR count). The normalized spacial score (nSPS) is 10.5. The fourth-order valence-electron chi connectivity index (χ4n) is 1.68. The summed E-state index contributed by atoms with van der Waals surface area (Å²) >= 11 is 5.11. The van der Waals surface area contributed by atoms with E-state index in [1.54, 1.807) is 6.33 Å². The summed E-state index contributed by atoms with van der Waals surface area (Å²) in [6.07, 6.45) is 5.19. The minimum absolute atomic E-state index is 0.589. The highest BCUT2D eigenvalue weighted by Gasteiger charge is 1.99. The summed E-state index contributed by atoms with van der Waals surface area (Å²) in [6.45, 7) is 2.96. The smallest absolute Gasteiger partial charge is 0.199 e. The van der Waals surface area contributed by atoms with Crippen LogP contribution in [-0.4, -0.2) is 21.4 Å². The number of benzene rings is 1. The van der Waals surface area contributed by atoms with E-state index in [0.717, 1.165) is 24.5 Å². The minimum Gasteiger partial charge on any atom is -0.494 e. The van der Waals surface area contributed by atoms with Crippen LogP contribution in [0, 0.1) is 4.77 Å². The van der Waals surface area contributed by atoms with Crippen molar-refractivity contribution in [2.75, 3.05) is 6.61 Å². The van der Waals surface area contributed by atoms with Crippen LogP contribution in [0.15, 0.2) is 30.6 Å². The maximum absolute atomic E-state index is 5.65. The number of nitrogens with one attached hydrogen (secondary N) is 1. The van der Waals surface area contributed by atoms with Crippen molar-refractivity contribution in [1.29, 1.82) is 0 Å². The van der Waals surface area contributed by atoms with Gasteiger partial charge in [-0.15, -0.1) is 0 Å². The summed E-state index contributed by atoms with van der Waals surface area (Å²) in [7, 11) is 0. The third kappa shape index (κ3) is 3.20. The minimum atomic E-state index is 0.589. The number of ether oxygens (including phenoxy) is 1. The lowest BCUT2D eigenvalue weighted by atomic mass is 10.2. The predicted octanol–water partition coefficient (Wildman–Crippen LogP) is 3.50. The molecule has 5 heteroatoms. The fraction of sp³-hybridized carbons (Fsp3) is 0.385. The van der Waals surface area contributed by atoms with Gasteiger partial charge in [0.15, 0.2) is 4.77 Å². The van der Waals surface area contributed by atoms with Crippen LogP contribution in [-0.2, 0) is 0 Å². The molecule has 0 saturated heterocycles. The van der Waals surface area contributed by atoms with Crippen molar-refractivity contribution >= 4 is 12.2 Å². The molecule has 1 heterocycles. The number of hydrogen-bond acceptors (Lipinski definition) is 3. The molecule has 0 saturated carbocycles. The highest BCUT2D eigenvalue weighted by Crippen LogP contribution is 2.15. The van der Waals surface area contributed by atoms with Gasteiger partial charge >= 0.3 is 0 Å². The summed E-state index contributed by atoms with van der Waals surface area (Å²) in [5.41, 5.74) is 0.981. The molecule has 0 aliphatic heterocycles. The summed E-state index contributed by atoms with van der Waals surface area (Å²) in [4.78, 5) is 0. The quantitative estimate of drug-likeness (QED) is 0.640. The first kappa shape index (κ1) is 12.8. The molecule has 0 bridgehead atoms. The largest absolute Gasteiger partial charge is 0.494 e. The Morgan fingerprint density at radius 1 is 1.28 bits per heavy atom. The average molecular weight is 263 g/mol. The van der Waals surface area contributed by atoms with Gasteiger partial charge in [-0.25, -0.2) is 0 Å². The zero-order chi connectivity index (χ0) is 12.8. The van der Waals surface area contributed by atoms with E-state index < -0.39 is 0 Å². The number of unbranched alkanes of at least 4 members (excludes halogenated alkanes) is 2. The zero-order valence-electron chi connectivity index (χ0n) is 10.4. The molecule has 0 radical (unpaired) electrons. The van der Waals surface area contributed by atoms with Gasteiger partial charge < -0.3 is 4.74 Å². The van der Waals surface area contributed by atoms with Gasteiger partial charge in [-0.1, -0.05) is 19.8 Å². The van der Waals surface area contributed by atoms with Crippen LogP contribution >= 0.6 is 12.2 Å². The maximum Gasteiger partial charge on any atom is 0.199 e. The highest BCUT2D eigenvalue weighted by atomic mass is 32.1. The molecule has 0 unspecified atom stereocenters. The Morgan fingerprint density at radius 3 is 2.67 bits per heavy atom. The van der Waals surface area contributed by atoms with Gasteiger partial charge in [0.25, 0.3) is 0 Å². The molecule has 0 spiro atoms. The van der Waals surface area contributed by atoms with Crippen LogP contribution in [0.25, 0.3) is 5.69 Å². The van der Waals surface area contributed by atoms with Crippen molar-refractivity contribution < 1.29 is 4.74 Å². The van der Waals surface area contributed by atoms with E-state index >= 15 is 0 Å². The monoisotopic (exact) mass is 263 g/mol. The van der Waals surface area contributed by atoms with Crippen LogP contribution in [0.2, 0.25) is 0 Å². The molecule has 0 fully saturated rings. The summed E-state index contributed by atoms with van der Waals surface area (Å²) in [5.74, 6) is 0.893. The van der Waals surface area contributed by atoms with Crippen LogP contribution in [0.1, 0.15) is 26.2 Å². The molecule has 2 aromatic rings. The third-order valence-electron chi connectivity index (χ3n) is 2.68. The van der Waals surface area contributed by atoms with E-state index in [1.165, 1.54) is 12.8 Å². The first-order valence-electron chi connectivity index (χ1n) is 6.16. The van der Waals surface area contributed by atoms with Gasteiger partial charge in [0.2, 0.25) is 0 Å². The lowest BCUT2D eigenvalue weighted by molar-refractivity contribution is 0.306. The van der Waals surface area contributed by atoms with Crippen LogP contribution in [0.4, 0.5) is 0 Å². The second-order valence-corrected chi connectivity index (χ2v) is 4.47. The second-order valence-electron chi connectivity index (χ2n) is 4.08. The average Bonchev–Trinajstić information content (AvgIpc) is 2.82. The van der Waals surface area contributed by atoms with Crippen molar-refractivity contribution in [3.8, 4) is 11.4 Å². The molecule has 0 aliphatic carbocycles. The van der Waals surface area contributed by atoms with Crippen molar-refractivity contribution in [3.63, 3.8) is 0 Å². The van der Waals surface area contributed by atoms with E-state index in [1.807, 2.05) is 28.8 Å². The van der Waals surface area contributed by atoms with Gasteiger partial charge in [-0.05, 0) is 42.9 Å².